The van der Waals surface area contributed by atoms with Gasteiger partial charge in [-0.05, 0) is 37.0 Å². The summed E-state index contributed by atoms with van der Waals surface area (Å²) < 4.78 is 0. The van der Waals surface area contributed by atoms with Crippen molar-refractivity contribution < 1.29 is 39.3 Å². The molecule has 0 spiro atoms. The summed E-state index contributed by atoms with van der Waals surface area (Å²) in [5.41, 5.74) is 6.62. The van der Waals surface area contributed by atoms with Crippen molar-refractivity contribution in [1.82, 2.24) is 20.9 Å². The van der Waals surface area contributed by atoms with Gasteiger partial charge in [0.25, 0.3) is 0 Å². The SMILES string of the molecule is N[C@@H](Cc1ccc(O)c(Cl)c1)C(=O)N[C@H]1CSSC[C@@H](C(=O)O)NC(=O)[C@@H]2CCCN2C(=O)[C@H](CO)NC1=O. The largest absolute Gasteiger partial charge is 0.506 e. The number of phenols is 1. The molecule has 0 unspecified atom stereocenters. The van der Waals surface area contributed by atoms with E-state index in [1.807, 2.05) is 0 Å². The number of halogens is 1. The Morgan fingerprint density at radius 3 is 2.56 bits per heavy atom. The van der Waals surface area contributed by atoms with Crippen LogP contribution in [0, 0.1) is 0 Å². The number of aliphatic hydroxyl groups excluding tert-OH is 1. The van der Waals surface area contributed by atoms with E-state index in [1.165, 1.54) is 17.0 Å². The van der Waals surface area contributed by atoms with Crippen LogP contribution in [0.5, 0.6) is 5.75 Å². The molecule has 0 aromatic heterocycles. The van der Waals surface area contributed by atoms with E-state index < -0.39 is 66.4 Å². The molecule has 0 bridgehead atoms. The second kappa shape index (κ2) is 14.1. The fraction of sp³-hybridized carbons (Fsp3) is 0.522. The van der Waals surface area contributed by atoms with Crippen molar-refractivity contribution in [2.75, 3.05) is 24.7 Å². The van der Waals surface area contributed by atoms with E-state index >= 15 is 0 Å². The number of aromatic hydroxyl groups is 1. The molecule has 1 aromatic carbocycles. The van der Waals surface area contributed by atoms with Crippen molar-refractivity contribution >= 4 is 62.8 Å². The molecule has 2 aliphatic heterocycles. The lowest BCUT2D eigenvalue weighted by Gasteiger charge is -2.30. The number of hydrogen-bond donors (Lipinski definition) is 7. The quantitative estimate of drug-likeness (QED) is 0.193. The van der Waals surface area contributed by atoms with Crippen molar-refractivity contribution in [3.8, 4) is 5.75 Å². The Kier molecular flexibility index (Phi) is 11.1. The van der Waals surface area contributed by atoms with Gasteiger partial charge in [-0.15, -0.1) is 0 Å². The van der Waals surface area contributed by atoms with E-state index in [-0.39, 0.29) is 35.2 Å². The zero-order chi connectivity index (χ0) is 28.7. The molecule has 2 saturated heterocycles. The molecule has 0 aliphatic carbocycles. The maximum atomic E-state index is 13.1. The summed E-state index contributed by atoms with van der Waals surface area (Å²) in [4.78, 5) is 64.8. The number of nitrogens with one attached hydrogen (secondary N) is 3. The molecule has 2 heterocycles. The Balaban J connectivity index is 1.77. The zero-order valence-electron chi connectivity index (χ0n) is 20.7. The highest BCUT2D eigenvalue weighted by Gasteiger charge is 2.39. The minimum atomic E-state index is -1.38. The number of carboxylic acids is 1. The fourth-order valence-corrected chi connectivity index (χ4v) is 6.64. The molecule has 8 N–H and O–H groups in total. The highest BCUT2D eigenvalue weighted by atomic mass is 35.5. The second-order valence-corrected chi connectivity index (χ2v) is 12.0. The smallest absolute Gasteiger partial charge is 0.327 e. The molecule has 4 amide bonds. The number of rotatable bonds is 6. The molecule has 39 heavy (non-hydrogen) atoms. The van der Waals surface area contributed by atoms with Crippen LogP contribution >= 0.6 is 33.2 Å². The monoisotopic (exact) mass is 603 g/mol. The molecular formula is C23H30ClN5O8S2. The minimum Gasteiger partial charge on any atom is -0.506 e. The van der Waals surface area contributed by atoms with Gasteiger partial charge in [0.2, 0.25) is 23.6 Å². The molecule has 13 nitrogen and oxygen atoms in total. The summed E-state index contributed by atoms with van der Waals surface area (Å²) in [6.45, 7) is -0.557. The van der Waals surface area contributed by atoms with Gasteiger partial charge in [-0.2, -0.15) is 0 Å². The number of hydrogen-bond acceptors (Lipinski definition) is 10. The van der Waals surface area contributed by atoms with Crippen LogP contribution in [0.4, 0.5) is 0 Å². The van der Waals surface area contributed by atoms with E-state index in [0.717, 1.165) is 21.6 Å². The van der Waals surface area contributed by atoms with Gasteiger partial charge < -0.3 is 41.9 Å². The van der Waals surface area contributed by atoms with E-state index in [4.69, 9.17) is 17.3 Å². The van der Waals surface area contributed by atoms with Crippen molar-refractivity contribution in [1.29, 1.82) is 0 Å². The standard InChI is InChI=1S/C23H30ClN5O8S2/c24-12-6-11(3-4-18(12)31)7-13(25)19(32)27-15-9-38-39-10-16(23(36)37)28-21(34)17-2-1-5-29(17)22(35)14(8-30)26-20(15)33/h3-4,6,13-17,30-31H,1-2,5,7-10,25H2,(H,26,33)(H,27,32)(H,28,34)(H,36,37)/t13-,14-,15-,16-,17-/m0/s1. The maximum Gasteiger partial charge on any atom is 0.327 e. The van der Waals surface area contributed by atoms with Gasteiger partial charge in [-0.1, -0.05) is 39.3 Å². The molecule has 0 saturated carbocycles. The summed E-state index contributed by atoms with van der Waals surface area (Å²) in [7, 11) is 2.17. The van der Waals surface area contributed by atoms with Gasteiger partial charge >= 0.3 is 5.97 Å². The first-order valence-corrected chi connectivity index (χ1v) is 14.9. The van der Waals surface area contributed by atoms with Crippen LogP contribution in [-0.2, 0) is 30.4 Å². The number of carbonyl (C=O) groups excluding carboxylic acids is 4. The number of phenolic OH excluding ortho intramolecular Hbond substituents is 1. The third kappa shape index (κ3) is 8.14. The molecule has 2 fully saturated rings. The van der Waals surface area contributed by atoms with Crippen molar-refractivity contribution in [2.45, 2.75) is 49.5 Å². The summed E-state index contributed by atoms with van der Waals surface area (Å²) in [5.74, 6) is -4.18. The molecule has 16 heteroatoms. The van der Waals surface area contributed by atoms with Gasteiger partial charge in [0.1, 0.15) is 29.9 Å². The summed E-state index contributed by atoms with van der Waals surface area (Å²) in [5, 5.41) is 36.6. The highest BCUT2D eigenvalue weighted by Crippen LogP contribution is 2.26. The lowest BCUT2D eigenvalue weighted by molar-refractivity contribution is -0.145. The van der Waals surface area contributed by atoms with Crippen molar-refractivity contribution in [3.63, 3.8) is 0 Å². The van der Waals surface area contributed by atoms with Crippen LogP contribution in [0.25, 0.3) is 0 Å². The van der Waals surface area contributed by atoms with Crippen molar-refractivity contribution in [2.24, 2.45) is 5.73 Å². The molecule has 5 atom stereocenters. The van der Waals surface area contributed by atoms with Crippen LogP contribution in [0.3, 0.4) is 0 Å². The fourth-order valence-electron chi connectivity index (χ4n) is 4.12. The third-order valence-corrected chi connectivity index (χ3v) is 8.97. The molecule has 0 radical (unpaired) electrons. The highest BCUT2D eigenvalue weighted by molar-refractivity contribution is 8.76. The van der Waals surface area contributed by atoms with Crippen LogP contribution in [0.15, 0.2) is 18.2 Å². The first-order chi connectivity index (χ1) is 18.5. The summed E-state index contributed by atoms with van der Waals surface area (Å²) in [6.07, 6.45) is 0.845. The Morgan fingerprint density at radius 1 is 1.18 bits per heavy atom. The second-order valence-electron chi connectivity index (χ2n) is 9.06. The number of aliphatic hydroxyl groups is 1. The average molecular weight is 604 g/mol. The van der Waals surface area contributed by atoms with Crippen LogP contribution < -0.4 is 21.7 Å². The van der Waals surface area contributed by atoms with Crippen molar-refractivity contribution in [3.05, 3.63) is 28.8 Å². The number of nitrogens with two attached hydrogens (primary N) is 1. The number of carbonyl (C=O) groups is 5. The maximum absolute atomic E-state index is 13.1. The van der Waals surface area contributed by atoms with Gasteiger partial charge in [0, 0.05) is 18.1 Å². The van der Waals surface area contributed by atoms with Crippen LogP contribution in [0.2, 0.25) is 5.02 Å². The minimum absolute atomic E-state index is 0.0288. The molecule has 3 rings (SSSR count). The predicted molar refractivity (Wildman–Crippen MR) is 145 cm³/mol. The number of amides is 4. The van der Waals surface area contributed by atoms with Gasteiger partial charge in [-0.3, -0.25) is 19.2 Å². The van der Waals surface area contributed by atoms with Crippen LogP contribution in [0.1, 0.15) is 18.4 Å². The lowest BCUT2D eigenvalue weighted by Crippen LogP contribution is -2.60. The van der Waals surface area contributed by atoms with E-state index in [0.29, 0.717) is 18.4 Å². The van der Waals surface area contributed by atoms with E-state index in [2.05, 4.69) is 16.0 Å². The molecule has 2 aliphatic rings. The summed E-state index contributed by atoms with van der Waals surface area (Å²) in [6, 6.07) is -1.44. The van der Waals surface area contributed by atoms with E-state index in [9.17, 15) is 39.3 Å². The molecule has 214 valence electrons. The van der Waals surface area contributed by atoms with Gasteiger partial charge in [0.15, 0.2) is 0 Å². The third-order valence-electron chi connectivity index (χ3n) is 6.24. The van der Waals surface area contributed by atoms with Gasteiger partial charge in [-0.25, -0.2) is 4.79 Å². The lowest BCUT2D eigenvalue weighted by atomic mass is 10.1. The van der Waals surface area contributed by atoms with Crippen LogP contribution in [-0.4, -0.2) is 105 Å². The zero-order valence-corrected chi connectivity index (χ0v) is 23.1. The average Bonchev–Trinajstić information content (AvgIpc) is 3.39. The Hall–Kier alpha value is -2.72. The normalized spacial score (nSPS) is 25.6. The number of fused-ring (bicyclic) bond motifs is 1. The number of carboxylic acid groups (broad SMARTS) is 1. The Morgan fingerprint density at radius 2 is 1.90 bits per heavy atom. The first-order valence-electron chi connectivity index (χ1n) is 12.0. The first kappa shape index (κ1) is 30.8. The predicted octanol–water partition coefficient (Wildman–Crippen LogP) is -1.17. The summed E-state index contributed by atoms with van der Waals surface area (Å²) >= 11 is 5.91. The number of aliphatic carboxylic acids is 1. The Bertz CT molecular complexity index is 1110. The molecular weight excluding hydrogens is 574 g/mol. The van der Waals surface area contributed by atoms with Gasteiger partial charge in [0.05, 0.1) is 17.7 Å². The molecule has 1 aromatic rings. The number of benzene rings is 1. The van der Waals surface area contributed by atoms with E-state index in [1.54, 1.807) is 6.07 Å². The topological polar surface area (TPSA) is 211 Å². The Labute approximate surface area is 237 Å². The number of nitrogens with zero attached hydrogens (tertiary/aromatic N) is 1.